The number of nitrogens with two attached hydrogens (primary N) is 1. The van der Waals surface area contributed by atoms with E-state index in [1.165, 1.54) is 30.4 Å². The van der Waals surface area contributed by atoms with Crippen LogP contribution >= 0.6 is 0 Å². The average Bonchev–Trinajstić information content (AvgIpc) is 2.39. The summed E-state index contributed by atoms with van der Waals surface area (Å²) in [7, 11) is 1.77. The van der Waals surface area contributed by atoms with Crippen LogP contribution in [0.25, 0.3) is 0 Å². The summed E-state index contributed by atoms with van der Waals surface area (Å²) >= 11 is 0. The van der Waals surface area contributed by atoms with Crippen molar-refractivity contribution in [2.45, 2.75) is 37.5 Å². The average molecular weight is 233 g/mol. The van der Waals surface area contributed by atoms with Crippen LogP contribution in [0, 0.1) is 0 Å². The van der Waals surface area contributed by atoms with E-state index in [1.54, 1.807) is 7.11 Å². The highest BCUT2D eigenvalue weighted by Crippen LogP contribution is 2.40. The smallest absolute Gasteiger partial charge is 0.0462 e. The highest BCUT2D eigenvalue weighted by atomic mass is 16.5. The molecule has 1 aliphatic rings. The minimum atomic E-state index is 0.202. The Labute approximate surface area is 104 Å². The fraction of sp³-hybridized carbons (Fsp3) is 0.600. The van der Waals surface area contributed by atoms with Gasteiger partial charge >= 0.3 is 0 Å². The molecule has 0 bridgehead atoms. The number of benzene rings is 1. The molecule has 1 aliphatic carbocycles. The lowest BCUT2D eigenvalue weighted by Gasteiger charge is -2.38. The van der Waals surface area contributed by atoms with Gasteiger partial charge < -0.3 is 10.5 Å². The lowest BCUT2D eigenvalue weighted by Crippen LogP contribution is -2.38. The number of methoxy groups -OCH3 is 1. The molecule has 0 fully saturated rings. The molecule has 2 heteroatoms. The molecule has 0 saturated heterocycles. The first kappa shape index (κ1) is 12.6. The van der Waals surface area contributed by atoms with Crippen molar-refractivity contribution in [1.82, 2.24) is 0 Å². The molecule has 0 spiro atoms. The van der Waals surface area contributed by atoms with Crippen molar-refractivity contribution in [3.05, 3.63) is 35.4 Å². The number of ether oxygens (including phenoxy) is 1. The molecule has 2 rings (SSSR count). The third-order valence-corrected chi connectivity index (χ3v) is 4.08. The number of hydrogen-bond donors (Lipinski definition) is 1. The molecule has 1 aromatic rings. The van der Waals surface area contributed by atoms with Crippen LogP contribution in [-0.4, -0.2) is 20.3 Å². The Morgan fingerprint density at radius 2 is 2.18 bits per heavy atom. The summed E-state index contributed by atoms with van der Waals surface area (Å²) in [4.78, 5) is 0. The zero-order valence-corrected chi connectivity index (χ0v) is 10.7. The Morgan fingerprint density at radius 1 is 1.35 bits per heavy atom. The SMILES string of the molecule is COCCCC1(CN)CCCc2ccccc21. The normalized spacial score (nSPS) is 23.4. The van der Waals surface area contributed by atoms with Crippen molar-refractivity contribution >= 4 is 0 Å². The van der Waals surface area contributed by atoms with Crippen molar-refractivity contribution in [3.8, 4) is 0 Å². The van der Waals surface area contributed by atoms with Crippen LogP contribution in [0.2, 0.25) is 0 Å². The fourth-order valence-corrected chi connectivity index (χ4v) is 3.14. The fourth-order valence-electron chi connectivity index (χ4n) is 3.14. The van der Waals surface area contributed by atoms with E-state index in [1.807, 2.05) is 0 Å². The summed E-state index contributed by atoms with van der Waals surface area (Å²) < 4.78 is 5.17. The number of aryl methyl sites for hydroxylation is 1. The Morgan fingerprint density at radius 3 is 2.94 bits per heavy atom. The molecule has 0 amide bonds. The van der Waals surface area contributed by atoms with E-state index < -0.39 is 0 Å². The number of fused-ring (bicyclic) bond motifs is 1. The highest BCUT2D eigenvalue weighted by Gasteiger charge is 2.34. The van der Waals surface area contributed by atoms with Crippen LogP contribution in [0.1, 0.15) is 36.8 Å². The zero-order chi connectivity index (χ0) is 12.1. The molecule has 1 aromatic carbocycles. The third kappa shape index (κ3) is 2.53. The summed E-state index contributed by atoms with van der Waals surface area (Å²) in [5.41, 5.74) is 9.29. The Balaban J connectivity index is 2.22. The van der Waals surface area contributed by atoms with Crippen LogP contribution in [0.3, 0.4) is 0 Å². The lowest BCUT2D eigenvalue weighted by molar-refractivity contribution is 0.179. The Hall–Kier alpha value is -0.860. The summed E-state index contributed by atoms with van der Waals surface area (Å²) in [5.74, 6) is 0. The summed E-state index contributed by atoms with van der Waals surface area (Å²) in [6, 6.07) is 8.81. The molecule has 0 radical (unpaired) electrons. The molecule has 1 atom stereocenters. The van der Waals surface area contributed by atoms with Gasteiger partial charge in [0.25, 0.3) is 0 Å². The van der Waals surface area contributed by atoms with Crippen molar-refractivity contribution in [3.63, 3.8) is 0 Å². The van der Waals surface area contributed by atoms with Gasteiger partial charge in [0.1, 0.15) is 0 Å². The van der Waals surface area contributed by atoms with Gasteiger partial charge in [0.05, 0.1) is 0 Å². The maximum absolute atomic E-state index is 6.09. The maximum Gasteiger partial charge on any atom is 0.0462 e. The van der Waals surface area contributed by atoms with E-state index in [0.29, 0.717) is 0 Å². The van der Waals surface area contributed by atoms with Gasteiger partial charge in [0.2, 0.25) is 0 Å². The third-order valence-electron chi connectivity index (χ3n) is 4.08. The van der Waals surface area contributed by atoms with Gasteiger partial charge in [-0.25, -0.2) is 0 Å². The molecule has 2 nitrogen and oxygen atoms in total. The number of rotatable bonds is 5. The van der Waals surface area contributed by atoms with Crippen LogP contribution in [-0.2, 0) is 16.6 Å². The zero-order valence-electron chi connectivity index (χ0n) is 10.7. The van der Waals surface area contributed by atoms with Crippen molar-refractivity contribution in [1.29, 1.82) is 0 Å². The second-order valence-electron chi connectivity index (χ2n) is 5.09. The molecule has 0 saturated carbocycles. The molecule has 0 aliphatic heterocycles. The number of hydrogen-bond acceptors (Lipinski definition) is 2. The predicted octanol–water partition coefficient (Wildman–Crippen LogP) is 2.65. The van der Waals surface area contributed by atoms with E-state index in [0.717, 1.165) is 26.0 Å². The largest absolute Gasteiger partial charge is 0.385 e. The van der Waals surface area contributed by atoms with E-state index in [4.69, 9.17) is 10.5 Å². The molecule has 17 heavy (non-hydrogen) atoms. The molecule has 0 heterocycles. The molecule has 94 valence electrons. The second-order valence-corrected chi connectivity index (χ2v) is 5.09. The van der Waals surface area contributed by atoms with Gasteiger partial charge in [-0.05, 0) is 43.2 Å². The standard InChI is InChI=1S/C15H23NO/c1-17-11-5-10-15(12-16)9-4-7-13-6-2-3-8-14(13)15/h2-3,6,8H,4-5,7,9-12,16H2,1H3. The van der Waals surface area contributed by atoms with Crippen molar-refractivity contribution < 1.29 is 4.74 Å². The van der Waals surface area contributed by atoms with E-state index in [9.17, 15) is 0 Å². The minimum Gasteiger partial charge on any atom is -0.385 e. The first-order valence-electron chi connectivity index (χ1n) is 6.60. The second kappa shape index (κ2) is 5.65. The molecule has 2 N–H and O–H groups in total. The molecule has 1 unspecified atom stereocenters. The maximum atomic E-state index is 6.09. The molecular formula is C15H23NO. The lowest BCUT2D eigenvalue weighted by atomic mass is 9.67. The van der Waals surface area contributed by atoms with Gasteiger partial charge in [-0.3, -0.25) is 0 Å². The minimum absolute atomic E-state index is 0.202. The van der Waals surface area contributed by atoms with Crippen LogP contribution in [0.4, 0.5) is 0 Å². The van der Waals surface area contributed by atoms with Gasteiger partial charge in [0.15, 0.2) is 0 Å². The molecular weight excluding hydrogens is 210 g/mol. The Bertz CT molecular complexity index is 364. The van der Waals surface area contributed by atoms with Crippen molar-refractivity contribution in [2.24, 2.45) is 5.73 Å². The van der Waals surface area contributed by atoms with Crippen LogP contribution in [0.5, 0.6) is 0 Å². The Kier molecular flexibility index (Phi) is 4.19. The van der Waals surface area contributed by atoms with Crippen LogP contribution < -0.4 is 5.73 Å². The summed E-state index contributed by atoms with van der Waals surface area (Å²) in [6.07, 6.45) is 5.95. The monoisotopic (exact) mass is 233 g/mol. The highest BCUT2D eigenvalue weighted by molar-refractivity contribution is 5.37. The summed E-state index contributed by atoms with van der Waals surface area (Å²) in [6.45, 7) is 1.59. The van der Waals surface area contributed by atoms with E-state index in [-0.39, 0.29) is 5.41 Å². The van der Waals surface area contributed by atoms with Gasteiger partial charge in [-0.15, -0.1) is 0 Å². The topological polar surface area (TPSA) is 35.2 Å². The first-order chi connectivity index (χ1) is 8.32. The summed E-state index contributed by atoms with van der Waals surface area (Å²) in [5, 5.41) is 0. The first-order valence-corrected chi connectivity index (χ1v) is 6.60. The van der Waals surface area contributed by atoms with E-state index in [2.05, 4.69) is 24.3 Å². The van der Waals surface area contributed by atoms with Crippen molar-refractivity contribution in [2.75, 3.05) is 20.3 Å². The predicted molar refractivity (Wildman–Crippen MR) is 71.2 cm³/mol. The van der Waals surface area contributed by atoms with Gasteiger partial charge in [-0.2, -0.15) is 0 Å². The van der Waals surface area contributed by atoms with Crippen LogP contribution in [0.15, 0.2) is 24.3 Å². The van der Waals surface area contributed by atoms with Gasteiger partial charge in [0, 0.05) is 25.7 Å². The van der Waals surface area contributed by atoms with Gasteiger partial charge in [-0.1, -0.05) is 24.3 Å². The quantitative estimate of drug-likeness (QED) is 0.794. The molecule has 0 aromatic heterocycles. The van der Waals surface area contributed by atoms with E-state index >= 15 is 0 Å².